The maximum Gasteiger partial charge on any atom is 0.258 e. The van der Waals surface area contributed by atoms with E-state index in [4.69, 9.17) is 0 Å². The summed E-state index contributed by atoms with van der Waals surface area (Å²) in [4.78, 5) is 12.4. The number of nitrogens with zero attached hydrogens (tertiary/aromatic N) is 3. The third-order valence-electron chi connectivity index (χ3n) is 6.66. The molecule has 2 aromatic carbocycles. The predicted molar refractivity (Wildman–Crippen MR) is 133 cm³/mol. The van der Waals surface area contributed by atoms with E-state index in [0.29, 0.717) is 5.56 Å². The molecule has 1 heterocycles. The molecule has 0 unspecified atom stereocenters. The highest BCUT2D eigenvalue weighted by Crippen LogP contribution is 2.50. The molecule has 0 fully saturated rings. The predicted octanol–water partition coefficient (Wildman–Crippen LogP) is 5.92. The number of tetrazole rings is 1. The van der Waals surface area contributed by atoms with Crippen LogP contribution in [-0.2, 0) is 17.3 Å². The van der Waals surface area contributed by atoms with Gasteiger partial charge in [0, 0.05) is 5.56 Å². The number of allylic oxidation sites excluding steroid dienone is 1. The van der Waals surface area contributed by atoms with Gasteiger partial charge in [0.15, 0.2) is 0 Å². The quantitative estimate of drug-likeness (QED) is 0.463. The van der Waals surface area contributed by atoms with E-state index in [0.717, 1.165) is 18.4 Å². The summed E-state index contributed by atoms with van der Waals surface area (Å²) in [5.41, 5.74) is 8.97. The number of amides is 1. The first-order valence-electron chi connectivity index (χ1n) is 11.6. The standard InChI is InChI=1S/C27H33N5O/c1-7-8-20-14-22-23(27(5,6)16-26(22,3)4)15-21(20)17(2)13-18-9-11-19(12-10-18)24(33)28-25-29-31-32-30-25/h9-15H,7-8,16H2,1-6H3,(H2,28,29,30,31,32,33). The van der Waals surface area contributed by atoms with Gasteiger partial charge in [0.1, 0.15) is 0 Å². The normalized spacial score (nSPS) is 16.5. The largest absolute Gasteiger partial charge is 0.289 e. The van der Waals surface area contributed by atoms with Crippen LogP contribution in [0.25, 0.3) is 11.6 Å². The van der Waals surface area contributed by atoms with Gasteiger partial charge in [-0.05, 0) is 86.5 Å². The molecular weight excluding hydrogens is 410 g/mol. The minimum absolute atomic E-state index is 0.173. The van der Waals surface area contributed by atoms with Crippen LogP contribution in [0.5, 0.6) is 0 Å². The van der Waals surface area contributed by atoms with Crippen molar-refractivity contribution in [1.82, 2.24) is 20.6 Å². The summed E-state index contributed by atoms with van der Waals surface area (Å²) < 4.78 is 0. The molecule has 0 spiro atoms. The van der Waals surface area contributed by atoms with Crippen LogP contribution in [0.4, 0.5) is 5.95 Å². The lowest BCUT2D eigenvalue weighted by Gasteiger charge is -2.22. The molecule has 1 aromatic heterocycles. The second kappa shape index (κ2) is 8.58. The Hall–Kier alpha value is -3.28. The van der Waals surface area contributed by atoms with Crippen molar-refractivity contribution in [3.63, 3.8) is 0 Å². The van der Waals surface area contributed by atoms with E-state index in [9.17, 15) is 4.79 Å². The van der Waals surface area contributed by atoms with Gasteiger partial charge in [-0.3, -0.25) is 10.1 Å². The maximum absolute atomic E-state index is 12.4. The number of aromatic amines is 1. The fraction of sp³-hybridized carbons (Fsp3) is 0.407. The van der Waals surface area contributed by atoms with E-state index in [1.807, 2.05) is 24.3 Å². The van der Waals surface area contributed by atoms with E-state index in [1.54, 1.807) is 0 Å². The van der Waals surface area contributed by atoms with Gasteiger partial charge in [0.25, 0.3) is 5.91 Å². The van der Waals surface area contributed by atoms with Crippen molar-refractivity contribution in [2.24, 2.45) is 0 Å². The number of hydrogen-bond acceptors (Lipinski definition) is 4. The summed E-state index contributed by atoms with van der Waals surface area (Å²) in [6.07, 6.45) is 5.56. The van der Waals surface area contributed by atoms with Crippen molar-refractivity contribution in [2.45, 2.75) is 71.6 Å². The number of aryl methyl sites for hydroxylation is 1. The van der Waals surface area contributed by atoms with Crippen molar-refractivity contribution in [3.8, 4) is 0 Å². The Balaban J connectivity index is 1.64. The Morgan fingerprint density at radius 3 is 2.36 bits per heavy atom. The van der Waals surface area contributed by atoms with Gasteiger partial charge in [0.05, 0.1) is 0 Å². The topological polar surface area (TPSA) is 83.6 Å². The molecule has 2 N–H and O–H groups in total. The highest BCUT2D eigenvalue weighted by atomic mass is 16.1. The molecule has 6 heteroatoms. The zero-order valence-corrected chi connectivity index (χ0v) is 20.4. The van der Waals surface area contributed by atoms with E-state index < -0.39 is 0 Å². The van der Waals surface area contributed by atoms with Crippen LogP contribution < -0.4 is 5.32 Å². The average molecular weight is 444 g/mol. The van der Waals surface area contributed by atoms with Gasteiger partial charge in [-0.15, -0.1) is 0 Å². The highest BCUT2D eigenvalue weighted by Gasteiger charge is 2.42. The minimum atomic E-state index is -0.255. The number of rotatable bonds is 6. The highest BCUT2D eigenvalue weighted by molar-refractivity contribution is 6.03. The van der Waals surface area contributed by atoms with E-state index >= 15 is 0 Å². The second-order valence-electron chi connectivity index (χ2n) is 10.4. The van der Waals surface area contributed by atoms with Crippen LogP contribution in [0, 0.1) is 0 Å². The fourth-order valence-corrected chi connectivity index (χ4v) is 5.35. The molecule has 0 saturated heterocycles. The molecule has 0 bridgehead atoms. The summed E-state index contributed by atoms with van der Waals surface area (Å²) in [7, 11) is 0. The van der Waals surface area contributed by atoms with Gasteiger partial charge >= 0.3 is 0 Å². The Morgan fingerprint density at radius 2 is 1.76 bits per heavy atom. The number of nitrogens with one attached hydrogen (secondary N) is 2. The zero-order chi connectivity index (χ0) is 23.8. The van der Waals surface area contributed by atoms with Crippen LogP contribution in [0.1, 0.15) is 92.6 Å². The number of fused-ring (bicyclic) bond motifs is 1. The van der Waals surface area contributed by atoms with Gasteiger partial charge < -0.3 is 0 Å². The molecule has 0 saturated carbocycles. The monoisotopic (exact) mass is 443 g/mol. The molecule has 0 atom stereocenters. The Labute approximate surface area is 195 Å². The summed E-state index contributed by atoms with van der Waals surface area (Å²) in [6, 6.07) is 12.5. The molecule has 172 valence electrons. The average Bonchev–Trinajstić information content (AvgIpc) is 3.32. The van der Waals surface area contributed by atoms with Crippen molar-refractivity contribution < 1.29 is 4.79 Å². The van der Waals surface area contributed by atoms with Gasteiger partial charge in [-0.1, -0.05) is 76.5 Å². The Bertz CT molecular complexity index is 1190. The number of carbonyl (C=O) groups is 1. The van der Waals surface area contributed by atoms with E-state index in [-0.39, 0.29) is 22.7 Å². The van der Waals surface area contributed by atoms with Crippen LogP contribution in [-0.4, -0.2) is 26.5 Å². The summed E-state index contributed by atoms with van der Waals surface area (Å²) >= 11 is 0. The third kappa shape index (κ3) is 4.61. The number of anilines is 1. The van der Waals surface area contributed by atoms with Gasteiger partial charge in [0.2, 0.25) is 5.95 Å². The van der Waals surface area contributed by atoms with Crippen molar-refractivity contribution in [1.29, 1.82) is 0 Å². The number of benzene rings is 2. The Kier molecular flexibility index (Phi) is 5.95. The second-order valence-corrected chi connectivity index (χ2v) is 10.4. The number of H-pyrrole nitrogens is 1. The number of hydrogen-bond donors (Lipinski definition) is 2. The van der Waals surface area contributed by atoms with Crippen molar-refractivity contribution in [2.75, 3.05) is 5.32 Å². The number of aromatic nitrogens is 4. The lowest BCUT2D eigenvalue weighted by molar-refractivity contribution is 0.102. The van der Waals surface area contributed by atoms with Crippen LogP contribution in [0.15, 0.2) is 36.4 Å². The first kappa shape index (κ1) is 22.9. The van der Waals surface area contributed by atoms with Gasteiger partial charge in [-0.25, -0.2) is 5.10 Å². The molecule has 1 amide bonds. The third-order valence-corrected chi connectivity index (χ3v) is 6.66. The summed E-state index contributed by atoms with van der Waals surface area (Å²) in [5, 5.41) is 15.8. The molecular formula is C27H33N5O. The van der Waals surface area contributed by atoms with Crippen molar-refractivity contribution >= 4 is 23.5 Å². The molecule has 33 heavy (non-hydrogen) atoms. The molecule has 6 nitrogen and oxygen atoms in total. The minimum Gasteiger partial charge on any atom is -0.289 e. The lowest BCUT2D eigenvalue weighted by atomic mass is 9.82. The first-order valence-corrected chi connectivity index (χ1v) is 11.6. The van der Waals surface area contributed by atoms with Crippen LogP contribution in [0.2, 0.25) is 0 Å². The maximum atomic E-state index is 12.4. The molecule has 1 aliphatic carbocycles. The zero-order valence-electron chi connectivity index (χ0n) is 20.4. The van der Waals surface area contributed by atoms with Crippen LogP contribution >= 0.6 is 0 Å². The summed E-state index contributed by atoms with van der Waals surface area (Å²) in [6.45, 7) is 13.9. The fourth-order valence-electron chi connectivity index (χ4n) is 5.35. The molecule has 0 radical (unpaired) electrons. The lowest BCUT2D eigenvalue weighted by Crippen LogP contribution is -2.18. The molecule has 3 aromatic rings. The smallest absolute Gasteiger partial charge is 0.258 e. The van der Waals surface area contributed by atoms with E-state index in [2.05, 4.69) is 85.7 Å². The molecule has 4 rings (SSSR count). The number of carbonyl (C=O) groups excluding carboxylic acids is 1. The van der Waals surface area contributed by atoms with Crippen molar-refractivity contribution in [3.05, 3.63) is 69.8 Å². The SMILES string of the molecule is CCCc1cc2c(cc1C(C)=Cc1ccc(C(=O)Nc3nnn[nH]3)cc1)C(C)(C)CC2(C)C. The first-order chi connectivity index (χ1) is 15.6. The van der Waals surface area contributed by atoms with Gasteiger partial charge in [-0.2, -0.15) is 0 Å². The van der Waals surface area contributed by atoms with E-state index in [1.165, 1.54) is 34.2 Å². The summed E-state index contributed by atoms with van der Waals surface area (Å²) in [5.74, 6) is -0.0273. The van der Waals surface area contributed by atoms with Crippen LogP contribution in [0.3, 0.4) is 0 Å². The Morgan fingerprint density at radius 1 is 1.09 bits per heavy atom. The molecule has 0 aliphatic heterocycles. The molecule has 1 aliphatic rings.